The third-order valence-corrected chi connectivity index (χ3v) is 9.02. The molecule has 0 radical (unpaired) electrons. The fraction of sp³-hybridized carbons (Fsp3) is 0.708. The van der Waals surface area contributed by atoms with Crippen molar-refractivity contribution in [2.24, 2.45) is 0 Å². The number of rotatable bonds is 15. The minimum Gasteiger partial charge on any atom is -0.461 e. The fourth-order valence-electron chi connectivity index (χ4n) is 4.14. The van der Waals surface area contributed by atoms with Crippen LogP contribution in [0.15, 0.2) is 6.33 Å². The molecule has 0 bridgehead atoms. The zero-order valence-electron chi connectivity index (χ0n) is 23.4. The summed E-state index contributed by atoms with van der Waals surface area (Å²) >= 11 is 0. The van der Waals surface area contributed by atoms with Crippen LogP contribution >= 0.6 is 7.44 Å². The number of hydrogen-bond donors (Lipinski definition) is 4. The molecule has 2 atom stereocenters. The monoisotopic (exact) mass is 620 g/mol. The molecule has 2 heterocycles. The van der Waals surface area contributed by atoms with Crippen LogP contribution in [0.25, 0.3) is 11.2 Å². The Morgan fingerprint density at radius 1 is 1.07 bits per heavy atom. The number of aromatic nitrogens is 4. The Kier molecular flexibility index (Phi) is 10.3. The number of fused-ring (bicyclic) bond motifs is 1. The van der Waals surface area contributed by atoms with E-state index in [2.05, 4.69) is 30.4 Å². The maximum absolute atomic E-state index is 13.9. The number of esters is 2. The molecule has 2 fully saturated rings. The van der Waals surface area contributed by atoms with E-state index in [1.807, 2.05) is 0 Å². The molecular formula is C24H36F3N8O6P. The van der Waals surface area contributed by atoms with Crippen molar-refractivity contribution >= 4 is 42.3 Å². The highest BCUT2D eigenvalue weighted by atomic mass is 31.2. The van der Waals surface area contributed by atoms with E-state index in [0.717, 1.165) is 38.5 Å². The summed E-state index contributed by atoms with van der Waals surface area (Å²) in [6, 6.07) is -1.91. The largest absolute Gasteiger partial charge is 0.461 e. The van der Waals surface area contributed by atoms with Crippen molar-refractivity contribution < 1.29 is 41.5 Å². The van der Waals surface area contributed by atoms with Crippen molar-refractivity contribution in [2.75, 3.05) is 30.6 Å². The lowest BCUT2D eigenvalue weighted by Gasteiger charge is -2.30. The molecule has 42 heavy (non-hydrogen) atoms. The van der Waals surface area contributed by atoms with Gasteiger partial charge in [0.2, 0.25) is 13.4 Å². The Labute approximate surface area is 240 Å². The molecule has 234 valence electrons. The number of ether oxygens (including phenoxy) is 3. The lowest BCUT2D eigenvalue weighted by molar-refractivity contribution is -0.155. The van der Waals surface area contributed by atoms with Crippen LogP contribution in [0.5, 0.6) is 0 Å². The number of nitrogens with zero attached hydrogens (tertiary/aromatic N) is 4. The minimum atomic E-state index is -4.48. The van der Waals surface area contributed by atoms with E-state index in [1.54, 1.807) is 0 Å². The molecule has 2 aliphatic rings. The van der Waals surface area contributed by atoms with E-state index in [-0.39, 0.29) is 48.3 Å². The zero-order chi connectivity index (χ0) is 30.5. The zero-order valence-corrected chi connectivity index (χ0v) is 24.2. The molecule has 0 unspecified atom stereocenters. The van der Waals surface area contributed by atoms with Gasteiger partial charge in [0, 0.05) is 6.54 Å². The van der Waals surface area contributed by atoms with Crippen LogP contribution in [0, 0.1) is 0 Å². The van der Waals surface area contributed by atoms with Crippen LogP contribution in [-0.2, 0) is 34.9 Å². The molecule has 0 amide bonds. The molecule has 0 saturated heterocycles. The molecule has 2 aromatic heterocycles. The van der Waals surface area contributed by atoms with E-state index < -0.39 is 50.5 Å². The van der Waals surface area contributed by atoms with Gasteiger partial charge in [-0.05, 0) is 52.4 Å². The number of carbonyl (C=O) groups is 2. The summed E-state index contributed by atoms with van der Waals surface area (Å²) in [5.41, 5.74) is 5.95. The molecule has 5 N–H and O–H groups in total. The molecule has 0 aliphatic heterocycles. The minimum absolute atomic E-state index is 0.0319. The van der Waals surface area contributed by atoms with Crippen molar-refractivity contribution in [3.05, 3.63) is 6.33 Å². The van der Waals surface area contributed by atoms with Gasteiger partial charge in [0.25, 0.3) is 0 Å². The Hall–Kier alpha value is -3.01. The first-order valence-corrected chi connectivity index (χ1v) is 15.6. The fourth-order valence-corrected chi connectivity index (χ4v) is 6.21. The lowest BCUT2D eigenvalue weighted by Crippen LogP contribution is -2.44. The maximum Gasteiger partial charge on any atom is 0.405 e. The second-order valence-corrected chi connectivity index (χ2v) is 12.7. The van der Waals surface area contributed by atoms with Gasteiger partial charge < -0.3 is 29.8 Å². The summed E-state index contributed by atoms with van der Waals surface area (Å²) in [7, 11) is -3.71. The molecule has 2 aromatic rings. The highest BCUT2D eigenvalue weighted by Gasteiger charge is 2.35. The number of carbonyl (C=O) groups excluding carboxylic acids is 2. The van der Waals surface area contributed by atoms with Gasteiger partial charge in [-0.15, -0.1) is 0 Å². The smallest absolute Gasteiger partial charge is 0.405 e. The van der Waals surface area contributed by atoms with Gasteiger partial charge in [-0.25, -0.2) is 15.2 Å². The highest BCUT2D eigenvalue weighted by molar-refractivity contribution is 7.59. The van der Waals surface area contributed by atoms with E-state index in [9.17, 15) is 27.3 Å². The maximum atomic E-state index is 13.9. The van der Waals surface area contributed by atoms with Gasteiger partial charge in [-0.1, -0.05) is 0 Å². The second kappa shape index (κ2) is 13.5. The molecule has 4 rings (SSSR count). The highest BCUT2D eigenvalue weighted by Crippen LogP contribution is 2.38. The SMILES string of the molecule is C[C@H](NP(=O)(COCCn1cnc2c(NCC(F)(F)F)nc(N)nc21)N[C@@H](C)C(=O)OC1CCC1)C(=O)OC1CCC1. The summed E-state index contributed by atoms with van der Waals surface area (Å²) in [6.45, 7) is 1.78. The number of nitrogen functional groups attached to an aromatic ring is 1. The van der Waals surface area contributed by atoms with E-state index in [0.29, 0.717) is 0 Å². The quantitative estimate of drug-likeness (QED) is 0.130. The molecule has 2 aliphatic carbocycles. The standard InChI is InChI=1S/C24H36F3N8O6P/c1-14(21(36)40-16-5-3-6-16)33-42(38,34-15(2)22(37)41-17-7-4-8-17)13-39-10-9-35-12-30-18-19(29-11-24(25,26)27)31-23(28)32-20(18)35/h12,14-17H,3-11,13H2,1-2H3,(H2,33,34,38)(H3,28,29,31,32)/t14-,15-/m0/s1. The first-order valence-electron chi connectivity index (χ1n) is 13.7. The number of imidazole rings is 1. The van der Waals surface area contributed by atoms with Crippen LogP contribution in [0.1, 0.15) is 52.4 Å². The molecule has 0 spiro atoms. The predicted molar refractivity (Wildman–Crippen MR) is 145 cm³/mol. The topological polar surface area (TPSA) is 185 Å². The van der Waals surface area contributed by atoms with Crippen LogP contribution < -0.4 is 21.2 Å². The number of nitrogens with one attached hydrogen (secondary N) is 3. The normalized spacial score (nSPS) is 17.7. The Morgan fingerprint density at radius 2 is 1.64 bits per heavy atom. The molecule has 2 saturated carbocycles. The van der Waals surface area contributed by atoms with Crippen LogP contribution in [0.4, 0.5) is 24.9 Å². The van der Waals surface area contributed by atoms with Crippen molar-refractivity contribution in [1.82, 2.24) is 29.7 Å². The number of alkyl halides is 3. The summed E-state index contributed by atoms with van der Waals surface area (Å²) in [6.07, 6.45) is 1.21. The third-order valence-electron chi connectivity index (χ3n) is 6.87. The number of nitrogens with two attached hydrogens (primary N) is 1. The van der Waals surface area contributed by atoms with Crippen molar-refractivity contribution in [3.8, 4) is 0 Å². The van der Waals surface area contributed by atoms with Gasteiger partial charge in [0.1, 0.15) is 37.2 Å². The Balaban J connectivity index is 1.38. The van der Waals surface area contributed by atoms with Crippen molar-refractivity contribution in [1.29, 1.82) is 0 Å². The molecule has 18 heteroatoms. The van der Waals surface area contributed by atoms with Gasteiger partial charge in [-0.2, -0.15) is 23.1 Å². The summed E-state index contributed by atoms with van der Waals surface area (Å²) in [5.74, 6) is -1.55. The Bertz CT molecular complexity index is 1260. The number of anilines is 2. The van der Waals surface area contributed by atoms with E-state index in [4.69, 9.17) is 19.9 Å². The van der Waals surface area contributed by atoms with Crippen LogP contribution in [0.2, 0.25) is 0 Å². The number of halogens is 3. The average molecular weight is 621 g/mol. The van der Waals surface area contributed by atoms with E-state index >= 15 is 0 Å². The second-order valence-electron chi connectivity index (χ2n) is 10.5. The van der Waals surface area contributed by atoms with Gasteiger partial charge in [0.15, 0.2) is 17.0 Å². The molecular weight excluding hydrogens is 584 g/mol. The van der Waals surface area contributed by atoms with Crippen molar-refractivity contribution in [3.63, 3.8) is 0 Å². The van der Waals surface area contributed by atoms with Gasteiger partial charge in [-0.3, -0.25) is 14.2 Å². The lowest BCUT2D eigenvalue weighted by atomic mass is 9.96. The summed E-state index contributed by atoms with van der Waals surface area (Å²) in [5, 5.41) is 7.69. The first-order chi connectivity index (χ1) is 19.8. The van der Waals surface area contributed by atoms with Crippen molar-refractivity contribution in [2.45, 2.75) is 89.4 Å². The summed E-state index contributed by atoms with van der Waals surface area (Å²) < 4.78 is 69.9. The Morgan fingerprint density at radius 3 is 2.14 bits per heavy atom. The first kappa shape index (κ1) is 31.9. The predicted octanol–water partition coefficient (Wildman–Crippen LogP) is 2.70. The third kappa shape index (κ3) is 8.75. The van der Waals surface area contributed by atoms with Gasteiger partial charge >= 0.3 is 18.1 Å². The van der Waals surface area contributed by atoms with E-state index in [1.165, 1.54) is 24.7 Å². The molecule has 14 nitrogen and oxygen atoms in total. The summed E-state index contributed by atoms with van der Waals surface area (Å²) in [4.78, 5) is 37.0. The van der Waals surface area contributed by atoms with Gasteiger partial charge in [0.05, 0.1) is 12.9 Å². The van der Waals surface area contributed by atoms with Crippen LogP contribution in [0.3, 0.4) is 0 Å². The molecule has 0 aromatic carbocycles. The average Bonchev–Trinajstić information content (AvgIpc) is 3.26. The van der Waals surface area contributed by atoms with Crippen LogP contribution in [-0.4, -0.2) is 81.4 Å². The number of hydrogen-bond acceptors (Lipinski definition) is 11.